The number of amides is 1. The minimum absolute atomic E-state index is 0.111. The van der Waals surface area contributed by atoms with Gasteiger partial charge in [0.15, 0.2) is 0 Å². The number of rotatable bonds is 2. The molecule has 1 amide bonds. The summed E-state index contributed by atoms with van der Waals surface area (Å²) >= 11 is 0. The molecule has 0 fully saturated rings. The third-order valence-electron chi connectivity index (χ3n) is 1.33. The van der Waals surface area contributed by atoms with E-state index in [-0.39, 0.29) is 5.91 Å². The van der Waals surface area contributed by atoms with Crippen molar-refractivity contribution in [3.63, 3.8) is 0 Å². The van der Waals surface area contributed by atoms with Crippen LogP contribution in [0.15, 0.2) is 24.3 Å². The molecule has 1 aromatic rings. The minimum atomic E-state index is -0.111. The van der Waals surface area contributed by atoms with Gasteiger partial charge in [0.2, 0.25) is 5.91 Å². The highest BCUT2D eigenvalue weighted by Gasteiger charge is 1.94. The molecule has 0 bridgehead atoms. The Morgan fingerprint density at radius 2 is 1.57 bits per heavy atom. The van der Waals surface area contributed by atoms with Crippen LogP contribution in [0.1, 0.15) is 20.8 Å². The van der Waals surface area contributed by atoms with Crippen molar-refractivity contribution in [3.8, 4) is 0 Å². The fraction of sp³-hybridized carbons (Fsp3) is 0.300. The Balaban J connectivity index is 0.000000791. The van der Waals surface area contributed by atoms with Gasteiger partial charge in [-0.2, -0.15) is 0 Å². The van der Waals surface area contributed by atoms with E-state index in [0.29, 0.717) is 11.4 Å². The molecular weight excluding hydrogens is 180 g/mol. The van der Waals surface area contributed by atoms with Crippen LogP contribution in [0.3, 0.4) is 0 Å². The average molecular weight is 196 g/mol. The van der Waals surface area contributed by atoms with Gasteiger partial charge in [-0.15, -0.1) is 0 Å². The van der Waals surface area contributed by atoms with Gasteiger partial charge in [-0.1, -0.05) is 13.8 Å². The summed E-state index contributed by atoms with van der Waals surface area (Å²) in [5, 5.41) is 11.1. The molecule has 0 aromatic heterocycles. The summed E-state index contributed by atoms with van der Waals surface area (Å²) in [7, 11) is 0. The van der Waals surface area contributed by atoms with Gasteiger partial charge in [0.05, 0.1) is 5.69 Å². The predicted molar refractivity (Wildman–Crippen MR) is 57.5 cm³/mol. The molecule has 3 N–H and O–H groups in total. The first-order valence-corrected chi connectivity index (χ1v) is 4.50. The maximum atomic E-state index is 10.6. The fourth-order valence-electron chi connectivity index (χ4n) is 0.831. The van der Waals surface area contributed by atoms with Gasteiger partial charge in [0, 0.05) is 12.6 Å². The first-order valence-electron chi connectivity index (χ1n) is 4.50. The molecule has 0 aliphatic carbocycles. The molecule has 4 nitrogen and oxygen atoms in total. The first-order chi connectivity index (χ1) is 6.72. The third kappa shape index (κ3) is 4.47. The van der Waals surface area contributed by atoms with Crippen molar-refractivity contribution in [2.45, 2.75) is 20.8 Å². The van der Waals surface area contributed by atoms with Crippen molar-refractivity contribution in [3.05, 3.63) is 24.3 Å². The van der Waals surface area contributed by atoms with Crippen LogP contribution in [0, 0.1) is 0 Å². The molecule has 0 heterocycles. The van der Waals surface area contributed by atoms with Crippen LogP contribution in [0.5, 0.6) is 0 Å². The van der Waals surface area contributed by atoms with Gasteiger partial charge in [0.25, 0.3) is 0 Å². The average Bonchev–Trinajstić information content (AvgIpc) is 2.21. The maximum absolute atomic E-state index is 10.6. The molecular formula is C10H16N2O2. The standard InChI is InChI=1S/C8H10N2O2.C2H6/c1-6(11)9-7-2-4-8(10-12)5-3-7;1-2/h2-5,10,12H,1H3,(H,9,11);1-2H3. The quantitative estimate of drug-likeness (QED) is 0.637. The topological polar surface area (TPSA) is 61.4 Å². The molecule has 0 radical (unpaired) electrons. The van der Waals surface area contributed by atoms with E-state index in [2.05, 4.69) is 5.32 Å². The summed E-state index contributed by atoms with van der Waals surface area (Å²) in [6.07, 6.45) is 0. The second kappa shape index (κ2) is 6.91. The van der Waals surface area contributed by atoms with Crippen molar-refractivity contribution < 1.29 is 10.0 Å². The lowest BCUT2D eigenvalue weighted by Gasteiger charge is -2.02. The van der Waals surface area contributed by atoms with Gasteiger partial charge in [0.1, 0.15) is 0 Å². The summed E-state index contributed by atoms with van der Waals surface area (Å²) < 4.78 is 0. The molecule has 0 atom stereocenters. The number of hydrogen-bond acceptors (Lipinski definition) is 3. The largest absolute Gasteiger partial charge is 0.326 e. The first kappa shape index (κ1) is 12.4. The van der Waals surface area contributed by atoms with E-state index in [1.165, 1.54) is 6.92 Å². The number of anilines is 2. The van der Waals surface area contributed by atoms with Crippen molar-refractivity contribution in [1.29, 1.82) is 0 Å². The smallest absolute Gasteiger partial charge is 0.221 e. The molecule has 78 valence electrons. The monoisotopic (exact) mass is 196 g/mol. The Kier molecular flexibility index (Phi) is 6.15. The number of hydrogen-bond donors (Lipinski definition) is 3. The van der Waals surface area contributed by atoms with Crippen molar-refractivity contribution in [2.75, 3.05) is 10.8 Å². The van der Waals surface area contributed by atoms with Crippen LogP contribution >= 0.6 is 0 Å². The zero-order valence-corrected chi connectivity index (χ0v) is 8.66. The van der Waals surface area contributed by atoms with Crippen molar-refractivity contribution in [2.24, 2.45) is 0 Å². The molecule has 4 heteroatoms. The zero-order valence-electron chi connectivity index (χ0n) is 8.66. The highest BCUT2D eigenvalue weighted by molar-refractivity contribution is 5.88. The second-order valence-electron chi connectivity index (χ2n) is 2.37. The molecule has 0 saturated heterocycles. The normalized spacial score (nSPS) is 8.29. The molecule has 0 unspecified atom stereocenters. The molecule has 0 aliphatic rings. The molecule has 1 rings (SSSR count). The Hall–Kier alpha value is -1.55. The highest BCUT2D eigenvalue weighted by atomic mass is 16.5. The van der Waals surface area contributed by atoms with Crippen LogP contribution in [0.25, 0.3) is 0 Å². The van der Waals surface area contributed by atoms with Crippen molar-refractivity contribution >= 4 is 17.3 Å². The van der Waals surface area contributed by atoms with Gasteiger partial charge in [-0.25, -0.2) is 0 Å². The minimum Gasteiger partial charge on any atom is -0.326 e. The van der Waals surface area contributed by atoms with Gasteiger partial charge in [-0.05, 0) is 24.3 Å². The summed E-state index contributed by atoms with van der Waals surface area (Å²) in [5.74, 6) is -0.111. The second-order valence-corrected chi connectivity index (χ2v) is 2.37. The van der Waals surface area contributed by atoms with Gasteiger partial charge >= 0.3 is 0 Å². The fourth-order valence-corrected chi connectivity index (χ4v) is 0.831. The maximum Gasteiger partial charge on any atom is 0.221 e. The summed E-state index contributed by atoms with van der Waals surface area (Å²) in [5.41, 5.74) is 3.29. The molecule has 0 aliphatic heterocycles. The van der Waals surface area contributed by atoms with Crippen molar-refractivity contribution in [1.82, 2.24) is 0 Å². The Morgan fingerprint density at radius 3 is 1.93 bits per heavy atom. The Bertz CT molecular complexity index is 270. The Labute approximate surface area is 83.9 Å². The summed E-state index contributed by atoms with van der Waals surface area (Å²) in [4.78, 5) is 10.6. The number of carbonyl (C=O) groups excluding carboxylic acids is 1. The van der Waals surface area contributed by atoms with Crippen LogP contribution in [-0.4, -0.2) is 11.1 Å². The van der Waals surface area contributed by atoms with E-state index in [1.54, 1.807) is 24.3 Å². The third-order valence-corrected chi connectivity index (χ3v) is 1.33. The van der Waals surface area contributed by atoms with E-state index in [4.69, 9.17) is 5.21 Å². The lowest BCUT2D eigenvalue weighted by Crippen LogP contribution is -2.05. The van der Waals surface area contributed by atoms with Crippen LogP contribution in [0.2, 0.25) is 0 Å². The van der Waals surface area contributed by atoms with Crippen LogP contribution in [-0.2, 0) is 4.79 Å². The lowest BCUT2D eigenvalue weighted by atomic mass is 10.3. The van der Waals surface area contributed by atoms with Crippen LogP contribution in [0.4, 0.5) is 11.4 Å². The number of carbonyl (C=O) groups is 1. The van der Waals surface area contributed by atoms with E-state index in [9.17, 15) is 4.79 Å². The number of nitrogens with one attached hydrogen (secondary N) is 2. The van der Waals surface area contributed by atoms with Gasteiger partial charge < -0.3 is 5.32 Å². The molecule has 0 saturated carbocycles. The highest BCUT2D eigenvalue weighted by Crippen LogP contribution is 2.12. The van der Waals surface area contributed by atoms with E-state index < -0.39 is 0 Å². The van der Waals surface area contributed by atoms with Crippen LogP contribution < -0.4 is 10.8 Å². The van der Waals surface area contributed by atoms with E-state index in [0.717, 1.165) is 0 Å². The Morgan fingerprint density at radius 1 is 1.14 bits per heavy atom. The van der Waals surface area contributed by atoms with E-state index >= 15 is 0 Å². The number of benzene rings is 1. The van der Waals surface area contributed by atoms with E-state index in [1.807, 2.05) is 19.3 Å². The predicted octanol–water partition coefficient (Wildman–Crippen LogP) is 2.47. The SMILES string of the molecule is CC.CC(=O)Nc1ccc(NO)cc1. The lowest BCUT2D eigenvalue weighted by molar-refractivity contribution is -0.114. The molecule has 14 heavy (non-hydrogen) atoms. The summed E-state index contributed by atoms with van der Waals surface area (Å²) in [6, 6.07) is 6.70. The summed E-state index contributed by atoms with van der Waals surface area (Å²) in [6.45, 7) is 5.44. The van der Waals surface area contributed by atoms with Gasteiger partial charge in [-0.3, -0.25) is 15.5 Å². The molecule has 1 aromatic carbocycles. The molecule has 0 spiro atoms. The zero-order chi connectivity index (χ0) is 11.0.